The maximum Gasteiger partial charge on any atom is 0.232 e. The third-order valence-corrected chi connectivity index (χ3v) is 6.19. The number of ether oxygens (including phenoxy) is 1. The lowest BCUT2D eigenvalue weighted by atomic mass is 9.87. The first-order valence-electron chi connectivity index (χ1n) is 9.55. The minimum Gasteiger partial charge on any atom is -0.457 e. The van der Waals surface area contributed by atoms with Crippen LogP contribution in [-0.2, 0) is 4.79 Å². The number of benzene rings is 2. The number of thiophene rings is 1. The van der Waals surface area contributed by atoms with Gasteiger partial charge in [-0.1, -0.05) is 42.5 Å². The number of aliphatic hydroxyl groups is 1. The SMILES string of the molecule is O=C(NCCC(CCO)c1cccs1)C1c2ccccc2Oc2ccccc21. The van der Waals surface area contributed by atoms with Crippen LogP contribution in [0.1, 0.15) is 40.7 Å². The number of nitrogens with one attached hydrogen (secondary N) is 1. The van der Waals surface area contributed by atoms with E-state index in [-0.39, 0.29) is 24.3 Å². The summed E-state index contributed by atoms with van der Waals surface area (Å²) in [6, 6.07) is 19.5. The van der Waals surface area contributed by atoms with Gasteiger partial charge in [-0.2, -0.15) is 0 Å². The molecule has 0 saturated carbocycles. The number of aliphatic hydroxyl groups excluding tert-OH is 1. The maximum absolute atomic E-state index is 13.1. The Kier molecular flexibility index (Phi) is 5.74. The molecule has 1 aliphatic rings. The summed E-state index contributed by atoms with van der Waals surface area (Å²) in [5.74, 6) is 1.34. The summed E-state index contributed by atoms with van der Waals surface area (Å²) >= 11 is 1.70. The highest BCUT2D eigenvalue weighted by Crippen LogP contribution is 2.43. The van der Waals surface area contributed by atoms with Gasteiger partial charge in [-0.15, -0.1) is 11.3 Å². The molecule has 3 aromatic rings. The van der Waals surface area contributed by atoms with Gasteiger partial charge in [-0.25, -0.2) is 0 Å². The van der Waals surface area contributed by atoms with Crippen LogP contribution in [0.15, 0.2) is 66.0 Å². The van der Waals surface area contributed by atoms with E-state index in [1.165, 1.54) is 4.88 Å². The van der Waals surface area contributed by atoms with E-state index < -0.39 is 0 Å². The fourth-order valence-electron chi connectivity index (χ4n) is 3.77. The van der Waals surface area contributed by atoms with Crippen LogP contribution in [0.3, 0.4) is 0 Å². The second-order valence-corrected chi connectivity index (χ2v) is 7.89. The van der Waals surface area contributed by atoms with Crippen molar-refractivity contribution in [2.75, 3.05) is 13.2 Å². The summed E-state index contributed by atoms with van der Waals surface area (Å²) in [7, 11) is 0. The number of carbonyl (C=O) groups excluding carboxylic acids is 1. The normalized spacial score (nSPS) is 13.9. The molecule has 2 heterocycles. The van der Waals surface area contributed by atoms with E-state index in [0.29, 0.717) is 13.0 Å². The van der Waals surface area contributed by atoms with Gasteiger partial charge in [0.2, 0.25) is 5.91 Å². The minimum absolute atomic E-state index is 0.0165. The lowest BCUT2D eigenvalue weighted by Crippen LogP contribution is -2.32. The monoisotopic (exact) mass is 393 g/mol. The lowest BCUT2D eigenvalue weighted by molar-refractivity contribution is -0.121. The molecule has 0 bridgehead atoms. The van der Waals surface area contributed by atoms with Crippen molar-refractivity contribution in [3.05, 3.63) is 82.0 Å². The van der Waals surface area contributed by atoms with Crippen LogP contribution in [-0.4, -0.2) is 24.2 Å². The van der Waals surface area contributed by atoms with Crippen molar-refractivity contribution in [3.63, 3.8) is 0 Å². The van der Waals surface area contributed by atoms with Gasteiger partial charge in [0.05, 0.1) is 5.92 Å². The molecule has 1 aliphatic heterocycles. The summed E-state index contributed by atoms with van der Waals surface area (Å²) < 4.78 is 5.98. The Morgan fingerprint density at radius 2 is 1.68 bits per heavy atom. The summed E-state index contributed by atoms with van der Waals surface area (Å²) in [6.45, 7) is 0.723. The van der Waals surface area contributed by atoms with Gasteiger partial charge in [-0.05, 0) is 42.3 Å². The first-order valence-corrected chi connectivity index (χ1v) is 10.4. The molecule has 0 radical (unpaired) electrons. The van der Waals surface area contributed by atoms with Crippen molar-refractivity contribution in [2.45, 2.75) is 24.7 Å². The van der Waals surface area contributed by atoms with Gasteiger partial charge in [0.1, 0.15) is 11.5 Å². The number of rotatable bonds is 7. The van der Waals surface area contributed by atoms with E-state index in [1.807, 2.05) is 60.0 Å². The van der Waals surface area contributed by atoms with Crippen molar-refractivity contribution in [1.29, 1.82) is 0 Å². The predicted octanol–water partition coefficient (Wildman–Crippen LogP) is 4.66. The van der Waals surface area contributed by atoms with E-state index in [0.717, 1.165) is 29.0 Å². The quantitative estimate of drug-likeness (QED) is 0.614. The zero-order valence-electron chi connectivity index (χ0n) is 15.5. The Morgan fingerprint density at radius 3 is 2.29 bits per heavy atom. The number of carbonyl (C=O) groups is 1. The van der Waals surface area contributed by atoms with Gasteiger partial charge in [0.15, 0.2) is 0 Å². The molecule has 1 aromatic heterocycles. The first-order chi connectivity index (χ1) is 13.8. The van der Waals surface area contributed by atoms with Crippen molar-refractivity contribution in [3.8, 4) is 11.5 Å². The van der Waals surface area contributed by atoms with Gasteiger partial charge < -0.3 is 15.2 Å². The van der Waals surface area contributed by atoms with Crippen LogP contribution in [0.4, 0.5) is 0 Å². The van der Waals surface area contributed by atoms with E-state index in [2.05, 4.69) is 11.4 Å². The molecule has 0 saturated heterocycles. The average Bonchev–Trinajstić information content (AvgIpc) is 3.26. The van der Waals surface area contributed by atoms with Crippen LogP contribution in [0.2, 0.25) is 0 Å². The highest BCUT2D eigenvalue weighted by atomic mass is 32.1. The van der Waals surface area contributed by atoms with Crippen molar-refractivity contribution in [1.82, 2.24) is 5.32 Å². The number of amides is 1. The Hall–Kier alpha value is -2.63. The van der Waals surface area contributed by atoms with E-state index >= 15 is 0 Å². The number of fused-ring (bicyclic) bond motifs is 2. The number of hydrogen-bond donors (Lipinski definition) is 2. The fourth-order valence-corrected chi connectivity index (χ4v) is 4.67. The zero-order chi connectivity index (χ0) is 19.3. The van der Waals surface area contributed by atoms with Crippen LogP contribution >= 0.6 is 11.3 Å². The summed E-state index contributed by atoms with van der Waals surface area (Å²) in [5, 5.41) is 14.5. The van der Waals surface area contributed by atoms with Crippen molar-refractivity contribution < 1.29 is 14.6 Å². The van der Waals surface area contributed by atoms with Crippen LogP contribution in [0, 0.1) is 0 Å². The molecule has 1 unspecified atom stereocenters. The zero-order valence-corrected chi connectivity index (χ0v) is 16.3. The lowest BCUT2D eigenvalue weighted by Gasteiger charge is -2.27. The highest BCUT2D eigenvalue weighted by molar-refractivity contribution is 7.10. The molecule has 1 atom stereocenters. The summed E-state index contributed by atoms with van der Waals surface area (Å²) in [4.78, 5) is 14.4. The Balaban J connectivity index is 1.49. The molecule has 1 amide bonds. The molecule has 28 heavy (non-hydrogen) atoms. The van der Waals surface area contributed by atoms with Crippen LogP contribution < -0.4 is 10.1 Å². The third-order valence-electron chi connectivity index (χ3n) is 5.16. The number of hydrogen-bond acceptors (Lipinski definition) is 4. The van der Waals surface area contributed by atoms with Crippen LogP contribution in [0.5, 0.6) is 11.5 Å². The van der Waals surface area contributed by atoms with E-state index in [4.69, 9.17) is 4.74 Å². The standard InChI is InChI=1S/C23H23NO3S/c25-14-12-16(21-10-5-15-28-21)11-13-24-23(26)22-17-6-1-3-8-19(17)27-20-9-4-2-7-18(20)22/h1-10,15-16,22,25H,11-14H2,(H,24,26). The number of para-hydroxylation sites is 2. The average molecular weight is 394 g/mol. The minimum atomic E-state index is -0.376. The summed E-state index contributed by atoms with van der Waals surface area (Å²) in [6.07, 6.45) is 1.51. The third kappa shape index (κ3) is 3.81. The second kappa shape index (κ2) is 8.59. The fraction of sp³-hybridized carbons (Fsp3) is 0.261. The van der Waals surface area contributed by atoms with Gasteiger partial charge in [0.25, 0.3) is 0 Å². The van der Waals surface area contributed by atoms with Crippen molar-refractivity contribution in [2.24, 2.45) is 0 Å². The molecule has 144 valence electrons. The Morgan fingerprint density at radius 1 is 1.00 bits per heavy atom. The second-order valence-electron chi connectivity index (χ2n) is 6.92. The van der Waals surface area contributed by atoms with Gasteiger partial charge in [0, 0.05) is 29.2 Å². The van der Waals surface area contributed by atoms with Gasteiger partial charge in [-0.3, -0.25) is 4.79 Å². The molecular formula is C23H23NO3S. The summed E-state index contributed by atoms with van der Waals surface area (Å²) in [5.41, 5.74) is 1.78. The van der Waals surface area contributed by atoms with Gasteiger partial charge >= 0.3 is 0 Å². The smallest absolute Gasteiger partial charge is 0.232 e. The largest absolute Gasteiger partial charge is 0.457 e. The Bertz CT molecular complexity index is 893. The molecular weight excluding hydrogens is 370 g/mol. The molecule has 4 nitrogen and oxygen atoms in total. The highest BCUT2D eigenvalue weighted by Gasteiger charge is 2.32. The topological polar surface area (TPSA) is 58.6 Å². The molecule has 0 spiro atoms. The van der Waals surface area contributed by atoms with Crippen LogP contribution in [0.25, 0.3) is 0 Å². The van der Waals surface area contributed by atoms with Crippen molar-refractivity contribution >= 4 is 17.2 Å². The first kappa shape index (κ1) is 18.7. The molecule has 0 fully saturated rings. The molecule has 4 rings (SSSR count). The molecule has 0 aliphatic carbocycles. The van der Waals surface area contributed by atoms with E-state index in [1.54, 1.807) is 11.3 Å². The maximum atomic E-state index is 13.1. The Labute approximate surface area is 168 Å². The molecule has 2 N–H and O–H groups in total. The molecule has 2 aromatic carbocycles. The predicted molar refractivity (Wildman–Crippen MR) is 111 cm³/mol. The molecule has 5 heteroatoms. The van der Waals surface area contributed by atoms with E-state index in [9.17, 15) is 9.90 Å².